The van der Waals surface area contributed by atoms with Crippen molar-refractivity contribution >= 4 is 10.8 Å². The standard InChI is InChI=1S/C63H41N3/c64-42-43-21-23-47(24-22-43)58-36-54-34-33-53(46-25-29-51(30-26-46)62-40-56(44-13-5-1-6-14-44)38-60(65-62)49-17-9-3-10-18-49)35-55(54)37-59(58)48-27-31-52(32-28-48)63-41-57(45-15-7-2-8-16-45)39-61(66-63)50-19-11-4-12-20-50/h1-41H. The number of rotatable bonds is 9. The van der Waals surface area contributed by atoms with Gasteiger partial charge in [0.15, 0.2) is 0 Å². The first kappa shape index (κ1) is 39.8. The molecule has 0 amide bonds. The SMILES string of the molecule is N#Cc1ccc(-c2cc3ccc(-c4ccc(-c5cc(-c6ccccc6)cc(-c6ccccc6)n5)cc4)cc3cc2-c2ccc(-c3cc(-c4ccccc4)cc(-c4ccccc4)n3)cc2)cc1. The number of aromatic nitrogens is 2. The van der Waals surface area contributed by atoms with Crippen LogP contribution in [-0.2, 0) is 0 Å². The van der Waals surface area contributed by atoms with Crippen molar-refractivity contribution in [3.05, 3.63) is 254 Å². The molecule has 0 spiro atoms. The number of fused-ring (bicyclic) bond motifs is 1. The van der Waals surface area contributed by atoms with Gasteiger partial charge in [-0.25, -0.2) is 9.97 Å². The van der Waals surface area contributed by atoms with Crippen molar-refractivity contribution < 1.29 is 0 Å². The molecular formula is C63H41N3. The minimum atomic E-state index is 0.637. The van der Waals surface area contributed by atoms with Crippen LogP contribution in [0.1, 0.15) is 5.56 Å². The van der Waals surface area contributed by atoms with Gasteiger partial charge in [-0.2, -0.15) is 5.26 Å². The second-order valence-corrected chi connectivity index (χ2v) is 16.5. The number of nitrogens with zero attached hydrogens (tertiary/aromatic N) is 3. The number of hydrogen-bond acceptors (Lipinski definition) is 3. The van der Waals surface area contributed by atoms with Crippen molar-refractivity contribution in [1.82, 2.24) is 9.97 Å². The van der Waals surface area contributed by atoms with E-state index in [4.69, 9.17) is 9.97 Å². The monoisotopic (exact) mass is 839 g/mol. The summed E-state index contributed by atoms with van der Waals surface area (Å²) in [6.45, 7) is 0. The Morgan fingerprint density at radius 2 is 0.561 bits per heavy atom. The Hall–Kier alpha value is -8.97. The summed E-state index contributed by atoms with van der Waals surface area (Å²) in [6.07, 6.45) is 0. The molecule has 11 aromatic rings. The molecule has 66 heavy (non-hydrogen) atoms. The van der Waals surface area contributed by atoms with Gasteiger partial charge in [0.1, 0.15) is 0 Å². The van der Waals surface area contributed by atoms with Crippen molar-refractivity contribution in [3.8, 4) is 107 Å². The summed E-state index contributed by atoms with van der Waals surface area (Å²) in [5.41, 5.74) is 19.8. The minimum Gasteiger partial charge on any atom is -0.248 e. The van der Waals surface area contributed by atoms with Gasteiger partial charge in [0.2, 0.25) is 0 Å². The van der Waals surface area contributed by atoms with E-state index < -0.39 is 0 Å². The van der Waals surface area contributed by atoms with Gasteiger partial charge < -0.3 is 0 Å². The van der Waals surface area contributed by atoms with Crippen molar-refractivity contribution in [2.75, 3.05) is 0 Å². The number of benzene rings is 9. The third-order valence-corrected chi connectivity index (χ3v) is 12.3. The maximum absolute atomic E-state index is 9.60. The van der Waals surface area contributed by atoms with Crippen molar-refractivity contribution in [2.45, 2.75) is 0 Å². The van der Waals surface area contributed by atoms with Crippen molar-refractivity contribution in [2.24, 2.45) is 0 Å². The normalized spacial score (nSPS) is 11.0. The quantitative estimate of drug-likeness (QED) is 0.145. The number of hydrogen-bond donors (Lipinski definition) is 0. The average molecular weight is 840 g/mol. The largest absolute Gasteiger partial charge is 0.248 e. The molecule has 0 aliphatic rings. The third kappa shape index (κ3) is 8.19. The van der Waals surface area contributed by atoms with Gasteiger partial charge in [0.25, 0.3) is 0 Å². The molecule has 2 heterocycles. The summed E-state index contributed by atoms with van der Waals surface area (Å²) < 4.78 is 0. The van der Waals surface area contributed by atoms with Crippen molar-refractivity contribution in [3.63, 3.8) is 0 Å². The molecule has 0 saturated carbocycles. The van der Waals surface area contributed by atoms with Crippen LogP contribution in [0.4, 0.5) is 0 Å². The zero-order valence-electron chi connectivity index (χ0n) is 36.0. The van der Waals surface area contributed by atoms with E-state index in [2.05, 4.69) is 206 Å². The first-order chi connectivity index (χ1) is 32.6. The molecular weight excluding hydrogens is 799 g/mol. The Bertz CT molecular complexity index is 3410. The van der Waals surface area contributed by atoms with Gasteiger partial charge >= 0.3 is 0 Å². The van der Waals surface area contributed by atoms with E-state index in [1.54, 1.807) is 0 Å². The fourth-order valence-corrected chi connectivity index (χ4v) is 8.80. The number of pyridine rings is 2. The molecule has 0 aliphatic heterocycles. The minimum absolute atomic E-state index is 0.637. The molecule has 3 heteroatoms. The zero-order chi connectivity index (χ0) is 44.2. The highest BCUT2D eigenvalue weighted by molar-refractivity contribution is 5.98. The van der Waals surface area contributed by atoms with Crippen LogP contribution in [-0.4, -0.2) is 9.97 Å². The zero-order valence-corrected chi connectivity index (χ0v) is 36.0. The first-order valence-corrected chi connectivity index (χ1v) is 22.2. The Morgan fingerprint density at radius 1 is 0.242 bits per heavy atom. The van der Waals surface area contributed by atoms with Gasteiger partial charge in [-0.1, -0.05) is 194 Å². The summed E-state index contributed by atoms with van der Waals surface area (Å²) in [4.78, 5) is 10.3. The maximum atomic E-state index is 9.60. The van der Waals surface area contributed by atoms with E-state index in [0.717, 1.165) is 111 Å². The van der Waals surface area contributed by atoms with E-state index in [-0.39, 0.29) is 0 Å². The first-order valence-electron chi connectivity index (χ1n) is 22.2. The van der Waals surface area contributed by atoms with Crippen LogP contribution in [0.5, 0.6) is 0 Å². The highest BCUT2D eigenvalue weighted by Gasteiger charge is 2.15. The Kier molecular flexibility index (Phi) is 10.7. The summed E-state index contributed by atoms with van der Waals surface area (Å²) in [5.74, 6) is 0. The molecule has 0 N–H and O–H groups in total. The molecule has 11 rings (SSSR count). The molecule has 308 valence electrons. The van der Waals surface area contributed by atoms with Crippen LogP contribution in [0.15, 0.2) is 249 Å². The maximum Gasteiger partial charge on any atom is 0.0991 e. The van der Waals surface area contributed by atoms with Crippen LogP contribution in [0.3, 0.4) is 0 Å². The second-order valence-electron chi connectivity index (χ2n) is 16.5. The fraction of sp³-hybridized carbons (Fsp3) is 0. The topological polar surface area (TPSA) is 49.6 Å². The lowest BCUT2D eigenvalue weighted by atomic mass is 9.89. The Labute approximate surface area is 385 Å². The molecule has 9 aromatic carbocycles. The smallest absolute Gasteiger partial charge is 0.0991 e. The van der Waals surface area contributed by atoms with Gasteiger partial charge in [-0.05, 0) is 121 Å². The van der Waals surface area contributed by atoms with Crippen LogP contribution < -0.4 is 0 Å². The lowest BCUT2D eigenvalue weighted by Crippen LogP contribution is -1.92. The van der Waals surface area contributed by atoms with E-state index >= 15 is 0 Å². The molecule has 0 fully saturated rings. The molecule has 3 nitrogen and oxygen atoms in total. The number of nitriles is 1. The predicted octanol–water partition coefficient (Wildman–Crippen LogP) is 16.5. The van der Waals surface area contributed by atoms with Gasteiger partial charge in [0, 0.05) is 22.3 Å². The van der Waals surface area contributed by atoms with Crippen LogP contribution in [0, 0.1) is 11.3 Å². The van der Waals surface area contributed by atoms with E-state index in [9.17, 15) is 5.26 Å². The van der Waals surface area contributed by atoms with E-state index in [1.807, 2.05) is 48.5 Å². The Morgan fingerprint density at radius 3 is 0.985 bits per heavy atom. The molecule has 0 atom stereocenters. The average Bonchev–Trinajstić information content (AvgIpc) is 3.41. The highest BCUT2D eigenvalue weighted by atomic mass is 14.7. The highest BCUT2D eigenvalue weighted by Crippen LogP contribution is 2.39. The molecule has 0 bridgehead atoms. The summed E-state index contributed by atoms with van der Waals surface area (Å²) in [7, 11) is 0. The molecule has 2 aromatic heterocycles. The van der Waals surface area contributed by atoms with Gasteiger partial charge in [-0.3, -0.25) is 0 Å². The summed E-state index contributed by atoms with van der Waals surface area (Å²) in [5, 5.41) is 11.9. The Balaban J connectivity index is 0.965. The van der Waals surface area contributed by atoms with Gasteiger partial charge in [-0.15, -0.1) is 0 Å². The third-order valence-electron chi connectivity index (χ3n) is 12.3. The van der Waals surface area contributed by atoms with E-state index in [1.165, 1.54) is 0 Å². The summed E-state index contributed by atoms with van der Waals surface area (Å²) >= 11 is 0. The lowest BCUT2D eigenvalue weighted by Gasteiger charge is -2.15. The lowest BCUT2D eigenvalue weighted by molar-refractivity contribution is 1.32. The molecule has 0 saturated heterocycles. The van der Waals surface area contributed by atoms with Crippen molar-refractivity contribution in [1.29, 1.82) is 5.26 Å². The van der Waals surface area contributed by atoms with Crippen LogP contribution >= 0.6 is 0 Å². The van der Waals surface area contributed by atoms with Crippen LogP contribution in [0.2, 0.25) is 0 Å². The van der Waals surface area contributed by atoms with E-state index in [0.29, 0.717) is 5.56 Å². The fourth-order valence-electron chi connectivity index (χ4n) is 8.80. The molecule has 0 aliphatic carbocycles. The summed E-state index contributed by atoms with van der Waals surface area (Å²) in [6, 6.07) is 89.4. The van der Waals surface area contributed by atoms with Gasteiger partial charge in [0.05, 0.1) is 34.4 Å². The second kappa shape index (κ2) is 17.7. The predicted molar refractivity (Wildman–Crippen MR) is 273 cm³/mol. The molecule has 0 unspecified atom stereocenters. The molecule has 0 radical (unpaired) electrons. The van der Waals surface area contributed by atoms with Crippen LogP contribution in [0.25, 0.3) is 111 Å².